The van der Waals surface area contributed by atoms with E-state index in [1.165, 1.54) is 6.38 Å². The molecule has 1 aliphatic rings. The van der Waals surface area contributed by atoms with Crippen LogP contribution in [0.2, 0.25) is 0 Å². The first-order valence-electron chi connectivity index (χ1n) is 12.8. The molecule has 1 aliphatic carbocycles. The van der Waals surface area contributed by atoms with E-state index in [0.29, 0.717) is 19.0 Å². The van der Waals surface area contributed by atoms with Crippen molar-refractivity contribution in [1.29, 1.82) is 0 Å². The molecule has 0 radical (unpaired) electrons. The third-order valence-corrected chi connectivity index (χ3v) is 6.42. The summed E-state index contributed by atoms with van der Waals surface area (Å²) in [5, 5.41) is 5.11. The number of nitrogens with two attached hydrogens (primary N) is 1. The van der Waals surface area contributed by atoms with Gasteiger partial charge in [0, 0.05) is 12.0 Å². The first-order valence-corrected chi connectivity index (χ1v) is 13.5. The van der Waals surface area contributed by atoms with E-state index in [1.54, 1.807) is 0 Å². The maximum atomic E-state index is 13.1. The first kappa shape index (κ1) is 29.3. The normalized spacial score (nSPS) is 13.4. The molecule has 1 atom stereocenters. The molecule has 0 aromatic heterocycles. The number of Topliss-reactive ketones (excluding diaryl/α,β-unsaturated/α-hetero) is 1. The number of halogens is 1. The Labute approximate surface area is 221 Å². The van der Waals surface area contributed by atoms with Crippen LogP contribution in [0.5, 0.6) is 0 Å². The van der Waals surface area contributed by atoms with Gasteiger partial charge in [-0.2, -0.15) is 0 Å². The van der Waals surface area contributed by atoms with Crippen molar-refractivity contribution >= 4 is 23.5 Å². The minimum absolute atomic E-state index is 0.0848. The highest BCUT2D eigenvalue weighted by atomic mass is 35.5. The largest absolute Gasteiger partial charge is 0.436 e. The Kier molecular flexibility index (Phi) is 13.6. The maximum Gasteiger partial charge on any atom is 0.408 e. The van der Waals surface area contributed by atoms with Crippen molar-refractivity contribution in [1.82, 2.24) is 5.32 Å². The highest BCUT2D eigenvalue weighted by Gasteiger charge is 2.26. The first-order chi connectivity index (χ1) is 17.6. The number of carbonyl (C=O) groups excluding carboxylic acids is 2. The lowest BCUT2D eigenvalue weighted by Gasteiger charge is -2.26. The van der Waals surface area contributed by atoms with Crippen LogP contribution in [0.1, 0.15) is 56.8 Å². The number of hydrogen-bond acceptors (Lipinski definition) is 3. The summed E-state index contributed by atoms with van der Waals surface area (Å²) < 4.78 is 5.97. The number of carbonyl (C=O) groups is 2. The topological polar surface area (TPSA) is 72.0 Å². The van der Waals surface area contributed by atoms with Gasteiger partial charge in [0.2, 0.25) is 5.78 Å². The van der Waals surface area contributed by atoms with Crippen molar-refractivity contribution in [3.05, 3.63) is 95.6 Å². The average molecular weight is 512 g/mol. The fraction of sp³-hybridized carbons (Fsp3) is 0.400. The summed E-state index contributed by atoms with van der Waals surface area (Å²) in [6, 6.07) is 19.5. The van der Waals surface area contributed by atoms with Crippen molar-refractivity contribution in [3.63, 3.8) is 0 Å². The molecule has 0 saturated heterocycles. The second kappa shape index (κ2) is 16.7. The summed E-state index contributed by atoms with van der Waals surface area (Å²) >= 11 is 4.64. The van der Waals surface area contributed by atoms with E-state index in [4.69, 9.17) is 4.74 Å². The fourth-order valence-electron chi connectivity index (χ4n) is 4.44. The molecule has 36 heavy (non-hydrogen) atoms. The zero-order valence-corrected chi connectivity index (χ0v) is 22.4. The summed E-state index contributed by atoms with van der Waals surface area (Å²) in [5.74, 6) is 0.439. The monoisotopic (exact) mass is 511 g/mol. The molecule has 3 N–H and O–H groups in total. The SMILES string of the molecule is CCC(CC)[C@H](C[NH2+]CC(=O)C1=CCCC=C1)NC(=O)OC(c1ccccc1)c1ccccc1.CCl. The van der Waals surface area contributed by atoms with Gasteiger partial charge in [-0.15, -0.1) is 11.6 Å². The Balaban J connectivity index is 0.00000222. The summed E-state index contributed by atoms with van der Waals surface area (Å²) in [7, 11) is 0. The predicted molar refractivity (Wildman–Crippen MR) is 147 cm³/mol. The molecule has 0 spiro atoms. The quantitative estimate of drug-likeness (QED) is 0.366. The Morgan fingerprint density at radius 2 is 1.53 bits per heavy atom. The van der Waals surface area contributed by atoms with Crippen LogP contribution >= 0.6 is 11.6 Å². The number of hydrogen-bond donors (Lipinski definition) is 2. The predicted octanol–water partition coefficient (Wildman–Crippen LogP) is 5.57. The molecular formula is C30H40ClN2O3+. The van der Waals surface area contributed by atoms with Crippen molar-refractivity contribution in [2.75, 3.05) is 19.5 Å². The van der Waals surface area contributed by atoms with Crippen molar-refractivity contribution in [2.24, 2.45) is 5.92 Å². The van der Waals surface area contributed by atoms with Crippen molar-refractivity contribution in [2.45, 2.75) is 51.7 Å². The lowest BCUT2D eigenvalue weighted by atomic mass is 9.94. The number of nitrogens with one attached hydrogen (secondary N) is 1. The highest BCUT2D eigenvalue weighted by Crippen LogP contribution is 2.26. The van der Waals surface area contributed by atoms with Gasteiger partial charge in [0.15, 0.2) is 6.10 Å². The number of allylic oxidation sites excluding steroid dienone is 3. The minimum atomic E-state index is -0.486. The smallest absolute Gasteiger partial charge is 0.408 e. The standard InChI is InChI=1S/C29H36N2O3.CH3Cl/c1-3-22(4-2)26(20-30-21-27(32)23-14-8-5-9-15-23)31-29(33)34-28(24-16-10-6-11-17-24)25-18-12-7-13-19-25;1-2/h6-8,10-19,22,26,28,30H,3-5,9,20-21H2,1-2H3,(H,31,33);1H3/p+1/t26-;/m0./s1. The number of amides is 1. The Morgan fingerprint density at radius 1 is 0.944 bits per heavy atom. The minimum Gasteiger partial charge on any atom is -0.436 e. The zero-order chi connectivity index (χ0) is 26.2. The summed E-state index contributed by atoms with van der Waals surface area (Å²) in [4.78, 5) is 25.6. The number of ketones is 1. The van der Waals surface area contributed by atoms with Gasteiger partial charge in [-0.1, -0.05) is 106 Å². The number of rotatable bonds is 12. The lowest BCUT2D eigenvalue weighted by Crippen LogP contribution is -2.89. The van der Waals surface area contributed by atoms with E-state index in [9.17, 15) is 9.59 Å². The van der Waals surface area contributed by atoms with Crippen molar-refractivity contribution in [3.8, 4) is 0 Å². The number of alkyl carbamates (subject to hydrolysis) is 1. The van der Waals surface area contributed by atoms with Gasteiger partial charge in [-0.25, -0.2) is 4.79 Å². The van der Waals surface area contributed by atoms with Gasteiger partial charge in [0.05, 0.1) is 12.6 Å². The molecule has 3 rings (SSSR count). The number of quaternary nitrogens is 1. The van der Waals surface area contributed by atoms with E-state index in [1.807, 2.05) is 84.2 Å². The molecule has 1 amide bonds. The Morgan fingerprint density at radius 3 is 2.03 bits per heavy atom. The molecule has 2 aromatic carbocycles. The second-order valence-electron chi connectivity index (χ2n) is 8.72. The van der Waals surface area contributed by atoms with E-state index in [0.717, 1.165) is 42.4 Å². The van der Waals surface area contributed by atoms with Gasteiger partial charge in [-0.3, -0.25) is 4.79 Å². The van der Waals surface area contributed by atoms with Gasteiger partial charge >= 0.3 is 6.09 Å². The van der Waals surface area contributed by atoms with Gasteiger partial charge < -0.3 is 15.4 Å². The van der Waals surface area contributed by atoms with Gasteiger partial charge in [-0.05, 0) is 29.9 Å². The molecule has 0 bridgehead atoms. The van der Waals surface area contributed by atoms with Crippen LogP contribution in [0, 0.1) is 5.92 Å². The van der Waals surface area contributed by atoms with E-state index in [2.05, 4.69) is 30.8 Å². The van der Waals surface area contributed by atoms with Crippen LogP contribution in [-0.4, -0.2) is 37.4 Å². The average Bonchev–Trinajstić information content (AvgIpc) is 2.94. The van der Waals surface area contributed by atoms with Crippen LogP contribution in [0.3, 0.4) is 0 Å². The zero-order valence-electron chi connectivity index (χ0n) is 21.7. The van der Waals surface area contributed by atoms with Crippen LogP contribution in [-0.2, 0) is 9.53 Å². The molecule has 0 heterocycles. The summed E-state index contributed by atoms with van der Waals surface area (Å²) in [6.45, 7) is 5.27. The molecule has 0 fully saturated rings. The van der Waals surface area contributed by atoms with E-state index >= 15 is 0 Å². The molecule has 0 aliphatic heterocycles. The maximum absolute atomic E-state index is 13.1. The molecule has 0 saturated carbocycles. The molecule has 194 valence electrons. The summed E-state index contributed by atoms with van der Waals surface area (Å²) in [6.07, 6.45) is 10.3. The lowest BCUT2D eigenvalue weighted by molar-refractivity contribution is -0.646. The summed E-state index contributed by atoms with van der Waals surface area (Å²) in [5.41, 5.74) is 2.64. The Hall–Kier alpha value is -2.89. The third-order valence-electron chi connectivity index (χ3n) is 6.42. The third kappa shape index (κ3) is 9.29. The van der Waals surface area contributed by atoms with Crippen LogP contribution < -0.4 is 10.6 Å². The van der Waals surface area contributed by atoms with Gasteiger partial charge in [0.25, 0.3) is 0 Å². The van der Waals surface area contributed by atoms with E-state index < -0.39 is 12.2 Å². The molecular weight excluding hydrogens is 472 g/mol. The van der Waals surface area contributed by atoms with E-state index in [-0.39, 0.29) is 11.8 Å². The fourth-order valence-corrected chi connectivity index (χ4v) is 4.44. The molecule has 6 heteroatoms. The van der Waals surface area contributed by atoms with Gasteiger partial charge in [0.1, 0.15) is 6.54 Å². The van der Waals surface area contributed by atoms with Crippen molar-refractivity contribution < 1.29 is 19.6 Å². The Bertz CT molecular complexity index is 933. The molecule has 5 nitrogen and oxygen atoms in total. The highest BCUT2D eigenvalue weighted by molar-refractivity contribution is 6.15. The molecule has 2 aromatic rings. The number of benzene rings is 2. The van der Waals surface area contributed by atoms with Crippen LogP contribution in [0.25, 0.3) is 0 Å². The molecule has 0 unspecified atom stereocenters. The second-order valence-corrected chi connectivity index (χ2v) is 8.72. The van der Waals surface area contributed by atoms with Crippen LogP contribution in [0.15, 0.2) is 84.5 Å². The number of alkyl halides is 1. The number of ether oxygens (including phenoxy) is 1. The van der Waals surface area contributed by atoms with Crippen LogP contribution in [0.4, 0.5) is 4.79 Å².